The van der Waals surface area contributed by atoms with Gasteiger partial charge in [-0.1, -0.05) is 78.4 Å². The van der Waals surface area contributed by atoms with E-state index in [2.05, 4.69) is 24.3 Å². The maximum atomic E-state index is 14.9. The highest BCUT2D eigenvalue weighted by molar-refractivity contribution is 5.74. The Kier molecular flexibility index (Phi) is 5.62. The molecule has 4 rings (SSSR count). The Bertz CT molecular complexity index is 1150. The van der Waals surface area contributed by atoms with E-state index in [4.69, 9.17) is 4.74 Å². The zero-order chi connectivity index (χ0) is 21.1. The Morgan fingerprint density at radius 1 is 0.567 bits per heavy atom. The van der Waals surface area contributed by atoms with Crippen LogP contribution in [0.2, 0.25) is 0 Å². The van der Waals surface area contributed by atoms with Crippen LogP contribution in [0.4, 0.5) is 8.78 Å². The number of benzene rings is 4. The minimum atomic E-state index is -0.848. The van der Waals surface area contributed by atoms with Crippen LogP contribution in [0.15, 0.2) is 84.9 Å². The summed E-state index contributed by atoms with van der Waals surface area (Å²) in [6.45, 7) is 4.50. The molecule has 0 aliphatic heterocycles. The molecule has 30 heavy (non-hydrogen) atoms. The number of hydrogen-bond acceptors (Lipinski definition) is 1. The van der Waals surface area contributed by atoms with Crippen molar-refractivity contribution in [3.8, 4) is 39.1 Å². The SMILES string of the molecule is CCOc1ccc(-c2ccc(-c3ccc(-c4ccc(C)cc4)cc3)c(F)c2F)cc1. The van der Waals surface area contributed by atoms with Crippen LogP contribution in [0.25, 0.3) is 33.4 Å². The molecule has 0 radical (unpaired) electrons. The Morgan fingerprint density at radius 2 is 0.967 bits per heavy atom. The molecular formula is C27H22F2O. The first-order valence-corrected chi connectivity index (χ1v) is 9.95. The van der Waals surface area contributed by atoms with Crippen molar-refractivity contribution in [3.63, 3.8) is 0 Å². The molecule has 0 amide bonds. The van der Waals surface area contributed by atoms with E-state index in [9.17, 15) is 8.78 Å². The van der Waals surface area contributed by atoms with Gasteiger partial charge in [0.25, 0.3) is 0 Å². The Morgan fingerprint density at radius 3 is 1.43 bits per heavy atom. The monoisotopic (exact) mass is 400 g/mol. The Hall–Kier alpha value is -3.46. The molecule has 0 saturated carbocycles. The van der Waals surface area contributed by atoms with Gasteiger partial charge in [-0.15, -0.1) is 0 Å². The van der Waals surface area contributed by atoms with Crippen LogP contribution in [0.5, 0.6) is 5.75 Å². The second-order valence-corrected chi connectivity index (χ2v) is 7.19. The predicted octanol–water partition coefficient (Wildman–Crippen LogP) is 7.67. The first-order valence-electron chi connectivity index (χ1n) is 9.95. The van der Waals surface area contributed by atoms with Gasteiger partial charge in [0.1, 0.15) is 5.75 Å². The first kappa shape index (κ1) is 19.8. The van der Waals surface area contributed by atoms with Gasteiger partial charge < -0.3 is 4.74 Å². The number of aryl methyl sites for hydroxylation is 1. The van der Waals surface area contributed by atoms with Crippen molar-refractivity contribution in [2.45, 2.75) is 13.8 Å². The lowest BCUT2D eigenvalue weighted by Crippen LogP contribution is -1.95. The van der Waals surface area contributed by atoms with Crippen molar-refractivity contribution in [1.29, 1.82) is 0 Å². The van der Waals surface area contributed by atoms with Crippen LogP contribution >= 0.6 is 0 Å². The third-order valence-electron chi connectivity index (χ3n) is 5.14. The third kappa shape index (κ3) is 3.97. The fourth-order valence-electron chi connectivity index (χ4n) is 3.48. The summed E-state index contributed by atoms with van der Waals surface area (Å²) in [4.78, 5) is 0. The van der Waals surface area contributed by atoms with E-state index >= 15 is 0 Å². The molecule has 1 nitrogen and oxygen atoms in total. The zero-order valence-corrected chi connectivity index (χ0v) is 17.0. The van der Waals surface area contributed by atoms with Crippen molar-refractivity contribution in [2.75, 3.05) is 6.61 Å². The summed E-state index contributed by atoms with van der Waals surface area (Å²) in [5, 5.41) is 0. The molecule has 4 aromatic carbocycles. The quantitative estimate of drug-likeness (QED) is 0.334. The van der Waals surface area contributed by atoms with E-state index in [0.717, 1.165) is 11.1 Å². The van der Waals surface area contributed by atoms with Crippen LogP contribution in [-0.4, -0.2) is 6.61 Å². The Balaban J connectivity index is 1.64. The molecule has 0 unspecified atom stereocenters. The number of ether oxygens (including phenoxy) is 1. The molecule has 0 fully saturated rings. The van der Waals surface area contributed by atoms with Crippen LogP contribution in [0, 0.1) is 18.6 Å². The second kappa shape index (κ2) is 8.50. The minimum Gasteiger partial charge on any atom is -0.494 e. The van der Waals surface area contributed by atoms with E-state index in [-0.39, 0.29) is 11.1 Å². The van der Waals surface area contributed by atoms with E-state index in [1.165, 1.54) is 5.56 Å². The molecule has 150 valence electrons. The van der Waals surface area contributed by atoms with Gasteiger partial charge >= 0.3 is 0 Å². The van der Waals surface area contributed by atoms with Crippen molar-refractivity contribution in [3.05, 3.63) is 102 Å². The van der Waals surface area contributed by atoms with Gasteiger partial charge in [-0.25, -0.2) is 8.78 Å². The molecular weight excluding hydrogens is 378 g/mol. The lowest BCUT2D eigenvalue weighted by atomic mass is 9.97. The molecule has 0 saturated heterocycles. The minimum absolute atomic E-state index is 0.232. The maximum Gasteiger partial charge on any atom is 0.167 e. The highest BCUT2D eigenvalue weighted by atomic mass is 19.2. The molecule has 0 spiro atoms. The van der Waals surface area contributed by atoms with Gasteiger partial charge in [-0.05, 0) is 48.2 Å². The van der Waals surface area contributed by atoms with E-state index < -0.39 is 11.6 Å². The van der Waals surface area contributed by atoms with Crippen LogP contribution in [0.1, 0.15) is 12.5 Å². The van der Waals surface area contributed by atoms with Crippen LogP contribution in [0.3, 0.4) is 0 Å². The highest BCUT2D eigenvalue weighted by Crippen LogP contribution is 2.33. The van der Waals surface area contributed by atoms with Crippen molar-refractivity contribution < 1.29 is 13.5 Å². The average Bonchev–Trinajstić information content (AvgIpc) is 2.77. The second-order valence-electron chi connectivity index (χ2n) is 7.19. The van der Waals surface area contributed by atoms with Crippen molar-refractivity contribution in [1.82, 2.24) is 0 Å². The largest absolute Gasteiger partial charge is 0.494 e. The van der Waals surface area contributed by atoms with E-state index in [1.807, 2.05) is 38.1 Å². The lowest BCUT2D eigenvalue weighted by Gasteiger charge is -2.11. The molecule has 0 N–H and O–H groups in total. The van der Waals surface area contributed by atoms with Gasteiger partial charge in [0.05, 0.1) is 6.61 Å². The van der Waals surface area contributed by atoms with E-state index in [1.54, 1.807) is 36.4 Å². The topological polar surface area (TPSA) is 9.23 Å². The molecule has 3 heteroatoms. The molecule has 4 aromatic rings. The first-order chi connectivity index (χ1) is 14.6. The summed E-state index contributed by atoms with van der Waals surface area (Å²) < 4.78 is 35.2. The number of rotatable bonds is 5. The van der Waals surface area contributed by atoms with E-state index in [0.29, 0.717) is 23.5 Å². The fraction of sp³-hybridized carbons (Fsp3) is 0.111. The predicted molar refractivity (Wildman–Crippen MR) is 119 cm³/mol. The van der Waals surface area contributed by atoms with Gasteiger partial charge in [0, 0.05) is 11.1 Å². The number of halogens is 2. The highest BCUT2D eigenvalue weighted by Gasteiger charge is 2.16. The van der Waals surface area contributed by atoms with Crippen LogP contribution < -0.4 is 4.74 Å². The standard InChI is InChI=1S/C27H22F2O/c1-3-30-23-14-12-22(13-15-23)25-17-16-24(26(28)27(25)29)21-10-8-20(9-11-21)19-6-4-18(2)5-7-19/h4-17H,3H2,1-2H3. The van der Waals surface area contributed by atoms with Gasteiger partial charge in [0.15, 0.2) is 11.6 Å². The third-order valence-corrected chi connectivity index (χ3v) is 5.14. The lowest BCUT2D eigenvalue weighted by molar-refractivity contribution is 0.340. The summed E-state index contributed by atoms with van der Waals surface area (Å²) in [6, 6.07) is 26.0. The molecule has 0 atom stereocenters. The summed E-state index contributed by atoms with van der Waals surface area (Å²) >= 11 is 0. The fourth-order valence-corrected chi connectivity index (χ4v) is 3.48. The average molecular weight is 400 g/mol. The summed E-state index contributed by atoms with van der Waals surface area (Å²) in [5.74, 6) is -0.990. The summed E-state index contributed by atoms with van der Waals surface area (Å²) in [7, 11) is 0. The summed E-state index contributed by atoms with van der Waals surface area (Å²) in [6.07, 6.45) is 0. The molecule has 0 aliphatic carbocycles. The number of hydrogen-bond donors (Lipinski definition) is 0. The van der Waals surface area contributed by atoms with Crippen molar-refractivity contribution >= 4 is 0 Å². The molecule has 0 heterocycles. The summed E-state index contributed by atoms with van der Waals surface area (Å²) in [5.41, 5.74) is 5.04. The van der Waals surface area contributed by atoms with Crippen molar-refractivity contribution in [2.24, 2.45) is 0 Å². The zero-order valence-electron chi connectivity index (χ0n) is 17.0. The smallest absolute Gasteiger partial charge is 0.167 e. The van der Waals surface area contributed by atoms with Gasteiger partial charge in [-0.3, -0.25) is 0 Å². The van der Waals surface area contributed by atoms with Gasteiger partial charge in [-0.2, -0.15) is 0 Å². The van der Waals surface area contributed by atoms with Crippen LogP contribution in [-0.2, 0) is 0 Å². The molecule has 0 bridgehead atoms. The maximum absolute atomic E-state index is 14.9. The van der Waals surface area contributed by atoms with Gasteiger partial charge in [0.2, 0.25) is 0 Å². The Labute approximate surface area is 175 Å². The molecule has 0 aliphatic rings. The molecule has 0 aromatic heterocycles. The normalized spacial score (nSPS) is 10.8.